The summed E-state index contributed by atoms with van der Waals surface area (Å²) in [6, 6.07) is 19.1. The van der Waals surface area contributed by atoms with Gasteiger partial charge in [-0.2, -0.15) is 16.1 Å². The van der Waals surface area contributed by atoms with Gasteiger partial charge in [-0.3, -0.25) is 4.79 Å². The number of thioether (sulfide) groups is 1. The number of rotatable bonds is 14. The van der Waals surface area contributed by atoms with Crippen molar-refractivity contribution in [2.75, 3.05) is 18.6 Å². The monoisotopic (exact) mass is 684 g/mol. The zero-order chi connectivity index (χ0) is 34.2. The molecule has 1 saturated carbocycles. The number of benzene rings is 3. The van der Waals surface area contributed by atoms with E-state index in [2.05, 4.69) is 26.1 Å². The number of hydrogen-bond acceptors (Lipinski definition) is 6. The van der Waals surface area contributed by atoms with Gasteiger partial charge in [-0.05, 0) is 95.2 Å². The summed E-state index contributed by atoms with van der Waals surface area (Å²) in [7, 11) is -3.83. The molecule has 3 aromatic carbocycles. The van der Waals surface area contributed by atoms with Crippen LogP contribution in [-0.2, 0) is 26.8 Å². The number of amides is 1. The zero-order valence-corrected chi connectivity index (χ0v) is 31.0. The molecule has 0 heterocycles. The maximum absolute atomic E-state index is 14.2. The molecule has 0 unspecified atom stereocenters. The summed E-state index contributed by atoms with van der Waals surface area (Å²) < 4.78 is 30.0. The van der Waals surface area contributed by atoms with Crippen LogP contribution in [0, 0.1) is 12.8 Å². The number of nitrogens with one attached hydrogen (secondary N) is 1. The van der Waals surface area contributed by atoms with Crippen molar-refractivity contribution >= 4 is 33.7 Å². The van der Waals surface area contributed by atoms with E-state index in [1.54, 1.807) is 28.6 Å². The van der Waals surface area contributed by atoms with E-state index in [4.69, 9.17) is 0 Å². The molecule has 48 heavy (non-hydrogen) atoms. The van der Waals surface area contributed by atoms with Crippen LogP contribution in [0.15, 0.2) is 71.6 Å². The minimum absolute atomic E-state index is 0. The number of hydrogen-bond donors (Lipinski definition) is 1. The van der Waals surface area contributed by atoms with Crippen molar-refractivity contribution in [2.45, 2.75) is 95.5 Å². The third kappa shape index (κ3) is 10.5. The van der Waals surface area contributed by atoms with Crippen LogP contribution in [0.2, 0.25) is 0 Å². The molecule has 7 nitrogen and oxygen atoms in total. The fourth-order valence-electron chi connectivity index (χ4n) is 6.27. The fourth-order valence-corrected chi connectivity index (χ4v) is 8.19. The molecule has 0 saturated heterocycles. The van der Waals surface area contributed by atoms with E-state index in [0.717, 1.165) is 41.5 Å². The van der Waals surface area contributed by atoms with Crippen LogP contribution in [0.5, 0.6) is 0 Å². The normalized spacial score (nSPS) is 14.7. The summed E-state index contributed by atoms with van der Waals surface area (Å²) in [6.45, 7) is 8.81. The van der Waals surface area contributed by atoms with Crippen LogP contribution in [-0.4, -0.2) is 49.2 Å². The molecule has 0 radical (unpaired) electrons. The molecule has 10 heteroatoms. The molecular formula is C38H49LiN2O5S2. The molecule has 3 aromatic rings. The van der Waals surface area contributed by atoms with Gasteiger partial charge in [0.2, 0.25) is 10.0 Å². The van der Waals surface area contributed by atoms with Crippen LogP contribution < -0.4 is 29.3 Å². The Morgan fingerprint density at radius 2 is 1.65 bits per heavy atom. The SMILES string of the molecule is CSCC[C@H](NC(=O)c1ccc(CN(CCC2CCCCC2)S(=O)(=O)c2ccc(C(C)(C)C)cc2)cc1-c1ccccc1C)C(=O)[O-].[Li+]. The predicted molar refractivity (Wildman–Crippen MR) is 190 cm³/mol. The molecule has 1 aliphatic rings. The van der Waals surface area contributed by atoms with Crippen molar-refractivity contribution < 1.29 is 42.0 Å². The number of carbonyl (C=O) groups is 2. The number of aryl methyl sites for hydroxylation is 1. The Kier molecular flexibility index (Phi) is 14.9. The van der Waals surface area contributed by atoms with Gasteiger partial charge in [-0.25, -0.2) is 8.42 Å². The van der Waals surface area contributed by atoms with Gasteiger partial charge < -0.3 is 15.2 Å². The first-order chi connectivity index (χ1) is 22.3. The van der Waals surface area contributed by atoms with Gasteiger partial charge in [0.15, 0.2) is 0 Å². The van der Waals surface area contributed by atoms with Crippen molar-refractivity contribution in [3.05, 3.63) is 89.0 Å². The minimum atomic E-state index is -3.83. The molecule has 1 aliphatic carbocycles. The van der Waals surface area contributed by atoms with Crippen molar-refractivity contribution in [2.24, 2.45) is 5.92 Å². The predicted octanol–water partition coefficient (Wildman–Crippen LogP) is 3.73. The quantitative estimate of drug-likeness (QED) is 0.260. The van der Waals surface area contributed by atoms with Crippen molar-refractivity contribution in [3.8, 4) is 11.1 Å². The Balaban J connectivity index is 0.00000625. The minimum Gasteiger partial charge on any atom is -0.548 e. The fraction of sp³-hybridized carbons (Fsp3) is 0.474. The zero-order valence-electron chi connectivity index (χ0n) is 29.4. The van der Waals surface area contributed by atoms with Crippen LogP contribution in [0.1, 0.15) is 92.8 Å². The Bertz CT molecular complexity index is 1630. The van der Waals surface area contributed by atoms with Crippen molar-refractivity contribution in [1.29, 1.82) is 0 Å². The second kappa shape index (κ2) is 17.9. The average Bonchev–Trinajstić information content (AvgIpc) is 3.05. The second-order valence-corrected chi connectivity index (χ2v) is 16.7. The Hall–Kier alpha value is -2.54. The van der Waals surface area contributed by atoms with Crippen molar-refractivity contribution in [3.63, 3.8) is 0 Å². The number of carboxylic acid groups (broad SMARTS) is 1. The van der Waals surface area contributed by atoms with E-state index in [1.807, 2.05) is 55.6 Å². The molecule has 1 atom stereocenters. The van der Waals surface area contributed by atoms with Gasteiger partial charge >= 0.3 is 18.9 Å². The maximum Gasteiger partial charge on any atom is 1.00 e. The Morgan fingerprint density at radius 3 is 2.25 bits per heavy atom. The Labute approximate surface area is 303 Å². The van der Waals surface area contributed by atoms with Crippen LogP contribution >= 0.6 is 11.8 Å². The summed E-state index contributed by atoms with van der Waals surface area (Å²) in [4.78, 5) is 25.6. The largest absolute Gasteiger partial charge is 1.00 e. The molecule has 1 fully saturated rings. The van der Waals surface area contributed by atoms with Gasteiger partial charge in [-0.1, -0.05) is 95.3 Å². The standard InChI is InChI=1S/C38H50N2O5S2.Li/c1-27-11-9-10-14-32(27)34-25-29(15-20-33(34)36(41)39-35(37(42)43)22-24-46-5)26-40(23-21-28-12-7-6-8-13-28)47(44,45)31-18-16-30(17-19-31)38(2,3)4;/h9-11,14-20,25,28,35H,6-8,12-13,21-24,26H2,1-5H3,(H,39,41)(H,42,43);/q;+1/p-1/t35-;/m0./s1. The molecule has 0 bridgehead atoms. The number of aliphatic carboxylic acids is 1. The number of carboxylic acids is 1. The topological polar surface area (TPSA) is 107 Å². The van der Waals surface area contributed by atoms with E-state index < -0.39 is 27.9 Å². The van der Waals surface area contributed by atoms with Crippen LogP contribution in [0.25, 0.3) is 11.1 Å². The van der Waals surface area contributed by atoms with Gasteiger partial charge in [-0.15, -0.1) is 0 Å². The molecule has 1 amide bonds. The summed E-state index contributed by atoms with van der Waals surface area (Å²) >= 11 is 1.50. The summed E-state index contributed by atoms with van der Waals surface area (Å²) in [5.74, 6) is -0.769. The van der Waals surface area contributed by atoms with Gasteiger partial charge in [0.25, 0.3) is 5.91 Å². The first kappa shape index (κ1) is 39.9. The van der Waals surface area contributed by atoms with E-state index >= 15 is 0 Å². The maximum atomic E-state index is 14.2. The van der Waals surface area contributed by atoms with E-state index in [0.29, 0.717) is 29.3 Å². The second-order valence-electron chi connectivity index (χ2n) is 13.7. The summed E-state index contributed by atoms with van der Waals surface area (Å²) in [5.41, 5.74) is 4.43. The Morgan fingerprint density at radius 1 is 0.979 bits per heavy atom. The van der Waals surface area contributed by atoms with Gasteiger partial charge in [0, 0.05) is 18.7 Å². The third-order valence-corrected chi connectivity index (χ3v) is 11.7. The van der Waals surface area contributed by atoms with Gasteiger partial charge in [0.1, 0.15) is 0 Å². The van der Waals surface area contributed by atoms with E-state index in [1.165, 1.54) is 31.0 Å². The molecule has 254 valence electrons. The molecule has 0 aromatic heterocycles. The number of sulfonamides is 1. The molecule has 4 rings (SSSR count). The molecular weight excluding hydrogens is 636 g/mol. The third-order valence-electron chi connectivity index (χ3n) is 9.19. The number of nitrogens with zero attached hydrogens (tertiary/aromatic N) is 1. The summed E-state index contributed by atoms with van der Waals surface area (Å²) in [6.07, 6.45) is 8.78. The molecule has 1 N–H and O–H groups in total. The summed E-state index contributed by atoms with van der Waals surface area (Å²) in [5, 5.41) is 14.5. The van der Waals surface area contributed by atoms with Crippen LogP contribution in [0.4, 0.5) is 0 Å². The first-order valence-electron chi connectivity index (χ1n) is 16.6. The van der Waals surface area contributed by atoms with E-state index in [-0.39, 0.29) is 42.1 Å². The number of carbonyl (C=O) groups excluding carboxylic acids is 2. The molecule has 0 spiro atoms. The smallest absolute Gasteiger partial charge is 0.548 e. The van der Waals surface area contributed by atoms with E-state index in [9.17, 15) is 23.1 Å². The molecule has 0 aliphatic heterocycles. The van der Waals surface area contributed by atoms with Crippen molar-refractivity contribution in [1.82, 2.24) is 9.62 Å². The average molecular weight is 685 g/mol. The first-order valence-corrected chi connectivity index (χ1v) is 19.4. The van der Waals surface area contributed by atoms with Gasteiger partial charge in [0.05, 0.1) is 16.9 Å². The van der Waals surface area contributed by atoms with Crippen LogP contribution in [0.3, 0.4) is 0 Å².